The summed E-state index contributed by atoms with van der Waals surface area (Å²) in [5.41, 5.74) is 12.3. The third kappa shape index (κ3) is 2.48. The van der Waals surface area contributed by atoms with Crippen LogP contribution in [0.4, 0.5) is 0 Å². The minimum atomic E-state index is -0.778. The Kier molecular flexibility index (Phi) is 3.04. The molecule has 0 bridgehead atoms. The highest BCUT2D eigenvalue weighted by Crippen LogP contribution is 2.19. The van der Waals surface area contributed by atoms with Crippen molar-refractivity contribution in [1.29, 1.82) is 0 Å². The summed E-state index contributed by atoms with van der Waals surface area (Å²) in [4.78, 5) is 0. The third-order valence-electron chi connectivity index (χ3n) is 2.69. The van der Waals surface area contributed by atoms with E-state index in [4.69, 9.17) is 11.5 Å². The molecular formula is C14H16N2. The second kappa shape index (κ2) is 4.47. The van der Waals surface area contributed by atoms with Gasteiger partial charge in [0, 0.05) is 5.92 Å². The van der Waals surface area contributed by atoms with Crippen LogP contribution in [0.5, 0.6) is 0 Å². The van der Waals surface area contributed by atoms with Crippen molar-refractivity contribution < 1.29 is 0 Å². The molecule has 0 amide bonds. The van der Waals surface area contributed by atoms with Gasteiger partial charge >= 0.3 is 0 Å². The molecule has 2 nitrogen and oxygen atoms in total. The molecule has 2 rings (SSSR count). The average molecular weight is 212 g/mol. The lowest BCUT2D eigenvalue weighted by molar-refractivity contribution is 0.469. The summed E-state index contributed by atoms with van der Waals surface area (Å²) in [7, 11) is 0. The molecule has 1 unspecified atom stereocenters. The first-order chi connectivity index (χ1) is 7.68. The maximum atomic E-state index is 5.97. The molecular weight excluding hydrogens is 196 g/mol. The van der Waals surface area contributed by atoms with Crippen molar-refractivity contribution in [2.24, 2.45) is 17.4 Å². The van der Waals surface area contributed by atoms with Crippen LogP contribution in [0.3, 0.4) is 0 Å². The van der Waals surface area contributed by atoms with Gasteiger partial charge in [-0.1, -0.05) is 60.7 Å². The molecule has 0 radical (unpaired) electrons. The molecule has 1 aliphatic rings. The van der Waals surface area contributed by atoms with Crippen molar-refractivity contribution >= 4 is 6.08 Å². The van der Waals surface area contributed by atoms with E-state index in [1.807, 2.05) is 66.8 Å². The predicted octanol–water partition coefficient (Wildman–Crippen LogP) is 2.06. The first kappa shape index (κ1) is 10.9. The molecule has 1 atom stereocenters. The van der Waals surface area contributed by atoms with E-state index in [-0.39, 0.29) is 5.92 Å². The summed E-state index contributed by atoms with van der Waals surface area (Å²) >= 11 is 0. The standard InChI is InChI=1S/C14H16N2/c15-14(16)11-5-4-8-13(14)10-9-12-6-2-1-3-7-12/h1-11,13H,15-16H2. The highest BCUT2D eigenvalue weighted by Gasteiger charge is 2.24. The Hall–Kier alpha value is -1.64. The maximum absolute atomic E-state index is 5.97. The van der Waals surface area contributed by atoms with Crippen LogP contribution in [0, 0.1) is 5.92 Å². The Balaban J connectivity index is 2.13. The zero-order valence-corrected chi connectivity index (χ0v) is 9.08. The van der Waals surface area contributed by atoms with Crippen molar-refractivity contribution in [3.05, 3.63) is 66.3 Å². The van der Waals surface area contributed by atoms with Crippen molar-refractivity contribution in [3.63, 3.8) is 0 Å². The normalized spacial score (nSPS) is 22.8. The van der Waals surface area contributed by atoms with E-state index < -0.39 is 5.66 Å². The molecule has 2 heteroatoms. The third-order valence-corrected chi connectivity index (χ3v) is 2.69. The average Bonchev–Trinajstić information content (AvgIpc) is 2.28. The lowest BCUT2D eigenvalue weighted by Gasteiger charge is -2.28. The van der Waals surface area contributed by atoms with Crippen LogP contribution in [0.15, 0.2) is 60.7 Å². The summed E-state index contributed by atoms with van der Waals surface area (Å²) in [5.74, 6) is 0.0395. The number of allylic oxidation sites excluding steroid dienone is 2. The molecule has 1 aromatic rings. The minimum Gasteiger partial charge on any atom is -0.309 e. The number of hydrogen-bond donors (Lipinski definition) is 2. The zero-order chi connectivity index (χ0) is 11.4. The van der Waals surface area contributed by atoms with E-state index >= 15 is 0 Å². The van der Waals surface area contributed by atoms with E-state index in [1.54, 1.807) is 0 Å². The Morgan fingerprint density at radius 3 is 2.50 bits per heavy atom. The SMILES string of the molecule is NC1(N)C=CC=CC1C=Cc1ccccc1. The molecule has 0 heterocycles. The van der Waals surface area contributed by atoms with Crippen molar-refractivity contribution in [3.8, 4) is 0 Å². The van der Waals surface area contributed by atoms with Gasteiger partial charge < -0.3 is 11.5 Å². The fraction of sp³-hybridized carbons (Fsp3) is 0.143. The van der Waals surface area contributed by atoms with Gasteiger partial charge in [-0.25, -0.2) is 0 Å². The lowest BCUT2D eigenvalue weighted by Crippen LogP contribution is -2.53. The maximum Gasteiger partial charge on any atom is 0.0931 e. The number of benzene rings is 1. The first-order valence-electron chi connectivity index (χ1n) is 5.35. The smallest absolute Gasteiger partial charge is 0.0931 e. The Bertz CT molecular complexity index is 427. The molecule has 1 aliphatic carbocycles. The van der Waals surface area contributed by atoms with Crippen molar-refractivity contribution in [2.45, 2.75) is 5.66 Å². The van der Waals surface area contributed by atoms with Gasteiger partial charge in [0.2, 0.25) is 0 Å². The second-order valence-corrected chi connectivity index (χ2v) is 4.04. The summed E-state index contributed by atoms with van der Waals surface area (Å²) in [5, 5.41) is 0. The van der Waals surface area contributed by atoms with Crippen LogP contribution < -0.4 is 11.5 Å². The van der Waals surface area contributed by atoms with Crippen LogP contribution >= 0.6 is 0 Å². The fourth-order valence-corrected chi connectivity index (χ4v) is 1.69. The number of rotatable bonds is 2. The first-order valence-corrected chi connectivity index (χ1v) is 5.35. The van der Waals surface area contributed by atoms with E-state index in [1.165, 1.54) is 0 Å². The molecule has 4 N–H and O–H groups in total. The van der Waals surface area contributed by atoms with E-state index in [9.17, 15) is 0 Å². The van der Waals surface area contributed by atoms with Gasteiger partial charge in [0.15, 0.2) is 0 Å². The molecule has 1 aromatic carbocycles. The highest BCUT2D eigenvalue weighted by molar-refractivity contribution is 5.50. The van der Waals surface area contributed by atoms with E-state index in [2.05, 4.69) is 0 Å². The summed E-state index contributed by atoms with van der Waals surface area (Å²) in [6.07, 6.45) is 11.8. The van der Waals surface area contributed by atoms with Gasteiger partial charge in [-0.2, -0.15) is 0 Å². The molecule has 0 saturated carbocycles. The monoisotopic (exact) mass is 212 g/mol. The molecule has 0 spiro atoms. The molecule has 0 fully saturated rings. The van der Waals surface area contributed by atoms with Crippen molar-refractivity contribution in [1.82, 2.24) is 0 Å². The molecule has 16 heavy (non-hydrogen) atoms. The second-order valence-electron chi connectivity index (χ2n) is 4.04. The van der Waals surface area contributed by atoms with Gasteiger partial charge in [0.25, 0.3) is 0 Å². The van der Waals surface area contributed by atoms with Crippen LogP contribution in [0.2, 0.25) is 0 Å². The van der Waals surface area contributed by atoms with Crippen LogP contribution in [0.1, 0.15) is 5.56 Å². The van der Waals surface area contributed by atoms with Gasteiger partial charge in [0.05, 0.1) is 5.66 Å². The van der Waals surface area contributed by atoms with E-state index in [0.717, 1.165) is 5.56 Å². The fourth-order valence-electron chi connectivity index (χ4n) is 1.69. The lowest BCUT2D eigenvalue weighted by atomic mass is 9.89. The Labute approximate surface area is 96.0 Å². The van der Waals surface area contributed by atoms with Gasteiger partial charge in [-0.15, -0.1) is 0 Å². The molecule has 82 valence electrons. The van der Waals surface area contributed by atoms with Crippen molar-refractivity contribution in [2.75, 3.05) is 0 Å². The van der Waals surface area contributed by atoms with Crippen LogP contribution in [-0.2, 0) is 0 Å². The highest BCUT2D eigenvalue weighted by atomic mass is 15.0. The van der Waals surface area contributed by atoms with Gasteiger partial charge in [0.1, 0.15) is 0 Å². The van der Waals surface area contributed by atoms with Gasteiger partial charge in [-0.3, -0.25) is 0 Å². The topological polar surface area (TPSA) is 52.0 Å². The number of nitrogens with two attached hydrogens (primary N) is 2. The zero-order valence-electron chi connectivity index (χ0n) is 9.08. The molecule has 0 saturated heterocycles. The largest absolute Gasteiger partial charge is 0.309 e. The Morgan fingerprint density at radius 2 is 1.81 bits per heavy atom. The van der Waals surface area contributed by atoms with Crippen LogP contribution in [0.25, 0.3) is 6.08 Å². The quantitative estimate of drug-likeness (QED) is 0.737. The summed E-state index contributed by atoms with van der Waals surface area (Å²) in [6.45, 7) is 0. The summed E-state index contributed by atoms with van der Waals surface area (Å²) in [6, 6.07) is 10.1. The van der Waals surface area contributed by atoms with E-state index in [0.29, 0.717) is 0 Å². The predicted molar refractivity (Wildman–Crippen MR) is 68.4 cm³/mol. The Morgan fingerprint density at radius 1 is 1.06 bits per heavy atom. The number of hydrogen-bond acceptors (Lipinski definition) is 2. The van der Waals surface area contributed by atoms with Crippen LogP contribution in [-0.4, -0.2) is 5.66 Å². The molecule has 0 aromatic heterocycles. The molecule has 0 aliphatic heterocycles. The summed E-state index contributed by atoms with van der Waals surface area (Å²) < 4.78 is 0. The minimum absolute atomic E-state index is 0.0395. The van der Waals surface area contributed by atoms with Gasteiger partial charge in [-0.05, 0) is 11.6 Å².